The predicted octanol–water partition coefficient (Wildman–Crippen LogP) is 4.47. The van der Waals surface area contributed by atoms with E-state index in [0.29, 0.717) is 27.6 Å². The summed E-state index contributed by atoms with van der Waals surface area (Å²) in [5.74, 6) is 2.35. The van der Waals surface area contributed by atoms with Gasteiger partial charge in [-0.1, -0.05) is 30.1 Å². The summed E-state index contributed by atoms with van der Waals surface area (Å²) in [5, 5.41) is 4.64. The van der Waals surface area contributed by atoms with E-state index < -0.39 is 5.91 Å². The van der Waals surface area contributed by atoms with Crippen LogP contribution in [-0.2, 0) is 0 Å². The fraction of sp³-hybridized carbons (Fsp3) is 0.250. The van der Waals surface area contributed by atoms with E-state index in [1.165, 1.54) is 12.3 Å². The molecule has 6 heteroatoms. The molecule has 3 rings (SSSR count). The number of nitrogens with one attached hydrogen (secondary N) is 1. The van der Waals surface area contributed by atoms with E-state index in [9.17, 15) is 4.79 Å². The Bertz CT molecular complexity index is 739. The van der Waals surface area contributed by atoms with Crippen LogP contribution >= 0.6 is 23.2 Å². The fourth-order valence-electron chi connectivity index (χ4n) is 2.24. The lowest BCUT2D eigenvalue weighted by Gasteiger charge is -2.02. The fourth-order valence-corrected chi connectivity index (χ4v) is 2.62. The van der Waals surface area contributed by atoms with Crippen LogP contribution in [0.5, 0.6) is 0 Å². The van der Waals surface area contributed by atoms with Gasteiger partial charge in [-0.2, -0.15) is 5.10 Å². The third-order valence-corrected chi connectivity index (χ3v) is 4.22. The smallest absolute Gasteiger partial charge is 0.272 e. The largest absolute Gasteiger partial charge is 0.460 e. The zero-order chi connectivity index (χ0) is 15.7. The number of carbonyl (C=O) groups excluding carboxylic acids is 1. The molecule has 0 bridgehead atoms. The second-order valence-electron chi connectivity index (χ2n) is 5.38. The Morgan fingerprint density at radius 1 is 1.36 bits per heavy atom. The number of amides is 1. The first-order valence-corrected chi connectivity index (χ1v) is 7.68. The van der Waals surface area contributed by atoms with E-state index >= 15 is 0 Å². The zero-order valence-corrected chi connectivity index (χ0v) is 13.4. The van der Waals surface area contributed by atoms with Crippen LogP contribution in [0.2, 0.25) is 10.0 Å². The van der Waals surface area contributed by atoms with Crippen LogP contribution < -0.4 is 5.43 Å². The van der Waals surface area contributed by atoms with Crippen molar-refractivity contribution in [3.8, 4) is 0 Å². The van der Waals surface area contributed by atoms with Crippen LogP contribution in [0.3, 0.4) is 0 Å². The number of halogens is 2. The standard InChI is InChI=1S/C16H14Cl2N2O2/c1-9-6-12(9)15-5-3-11(22-15)8-19-20-16(21)13-7-10(17)2-4-14(13)18/h2-5,7-9,12H,6H2,1H3,(H,20,21)/b19-8-/t9-,12+/m0/s1. The average molecular weight is 337 g/mol. The van der Waals surface area contributed by atoms with Crippen LogP contribution in [0.1, 0.15) is 41.1 Å². The zero-order valence-electron chi connectivity index (χ0n) is 11.8. The van der Waals surface area contributed by atoms with Gasteiger partial charge in [0.1, 0.15) is 11.5 Å². The molecule has 1 amide bonds. The summed E-state index contributed by atoms with van der Waals surface area (Å²) < 4.78 is 5.66. The molecule has 0 radical (unpaired) electrons. The number of furan rings is 1. The van der Waals surface area contributed by atoms with Gasteiger partial charge in [-0.05, 0) is 42.7 Å². The summed E-state index contributed by atoms with van der Waals surface area (Å²) >= 11 is 11.8. The van der Waals surface area contributed by atoms with Gasteiger partial charge in [0.25, 0.3) is 5.91 Å². The highest BCUT2D eigenvalue weighted by Gasteiger charge is 2.36. The molecule has 1 heterocycles. The lowest BCUT2D eigenvalue weighted by atomic mass is 10.2. The van der Waals surface area contributed by atoms with E-state index in [1.807, 2.05) is 12.1 Å². The Hall–Kier alpha value is -1.78. The quantitative estimate of drug-likeness (QED) is 0.661. The Kier molecular flexibility index (Phi) is 4.23. The van der Waals surface area contributed by atoms with Crippen molar-refractivity contribution in [3.63, 3.8) is 0 Å². The molecule has 0 saturated heterocycles. The highest BCUT2D eigenvalue weighted by Crippen LogP contribution is 2.47. The van der Waals surface area contributed by atoms with Gasteiger partial charge < -0.3 is 4.42 Å². The summed E-state index contributed by atoms with van der Waals surface area (Å²) in [6, 6.07) is 8.47. The number of carbonyl (C=O) groups is 1. The SMILES string of the molecule is C[C@H]1C[C@H]1c1ccc(/C=N\NC(=O)c2cc(Cl)ccc2Cl)o1. The molecular weight excluding hydrogens is 323 g/mol. The Morgan fingerprint density at radius 3 is 2.86 bits per heavy atom. The molecule has 1 aromatic carbocycles. The molecule has 0 aliphatic heterocycles. The third kappa shape index (κ3) is 3.34. The number of hydrogen-bond donors (Lipinski definition) is 1. The number of hydrogen-bond acceptors (Lipinski definition) is 3. The van der Waals surface area contributed by atoms with Gasteiger partial charge in [0.2, 0.25) is 0 Å². The molecule has 2 aromatic rings. The molecule has 114 valence electrons. The van der Waals surface area contributed by atoms with Crippen LogP contribution in [0.4, 0.5) is 0 Å². The van der Waals surface area contributed by atoms with Gasteiger partial charge in [0.15, 0.2) is 0 Å². The van der Waals surface area contributed by atoms with E-state index in [1.54, 1.807) is 12.1 Å². The first kappa shape index (κ1) is 15.1. The minimum absolute atomic E-state index is 0.276. The van der Waals surface area contributed by atoms with Crippen LogP contribution in [0, 0.1) is 5.92 Å². The van der Waals surface area contributed by atoms with Crippen molar-refractivity contribution in [3.05, 3.63) is 57.5 Å². The normalized spacial score (nSPS) is 20.3. The molecule has 1 saturated carbocycles. The molecule has 4 nitrogen and oxygen atoms in total. The van der Waals surface area contributed by atoms with E-state index in [4.69, 9.17) is 27.6 Å². The second kappa shape index (κ2) is 6.15. The molecule has 22 heavy (non-hydrogen) atoms. The maximum atomic E-state index is 12.0. The number of benzene rings is 1. The summed E-state index contributed by atoms with van der Waals surface area (Å²) in [7, 11) is 0. The van der Waals surface area contributed by atoms with Gasteiger partial charge in [-0.25, -0.2) is 5.43 Å². The van der Waals surface area contributed by atoms with Gasteiger partial charge >= 0.3 is 0 Å². The van der Waals surface area contributed by atoms with Crippen molar-refractivity contribution < 1.29 is 9.21 Å². The molecule has 0 spiro atoms. The van der Waals surface area contributed by atoms with Crippen LogP contribution in [0.15, 0.2) is 39.9 Å². The van der Waals surface area contributed by atoms with Gasteiger partial charge in [-0.3, -0.25) is 4.79 Å². The Balaban J connectivity index is 1.63. The monoisotopic (exact) mass is 336 g/mol. The van der Waals surface area contributed by atoms with E-state index in [2.05, 4.69) is 17.5 Å². The van der Waals surface area contributed by atoms with Gasteiger partial charge in [-0.15, -0.1) is 0 Å². The van der Waals surface area contributed by atoms with Crippen LogP contribution in [0.25, 0.3) is 0 Å². The van der Waals surface area contributed by atoms with Gasteiger partial charge in [0, 0.05) is 10.9 Å². The third-order valence-electron chi connectivity index (χ3n) is 3.65. The maximum absolute atomic E-state index is 12.0. The van der Waals surface area contributed by atoms with Gasteiger partial charge in [0.05, 0.1) is 16.8 Å². The molecule has 1 aliphatic carbocycles. The first-order chi connectivity index (χ1) is 10.5. The molecule has 1 N–H and O–H groups in total. The van der Waals surface area contributed by atoms with Crippen molar-refractivity contribution in [1.29, 1.82) is 0 Å². The Morgan fingerprint density at radius 2 is 2.14 bits per heavy atom. The number of nitrogens with zero attached hydrogens (tertiary/aromatic N) is 1. The molecule has 1 aromatic heterocycles. The average Bonchev–Trinajstić information content (AvgIpc) is 3.03. The lowest BCUT2D eigenvalue weighted by Crippen LogP contribution is -2.18. The maximum Gasteiger partial charge on any atom is 0.272 e. The van der Waals surface area contributed by atoms with Crippen LogP contribution in [-0.4, -0.2) is 12.1 Å². The highest BCUT2D eigenvalue weighted by atomic mass is 35.5. The summed E-state index contributed by atoms with van der Waals surface area (Å²) in [6.07, 6.45) is 2.63. The summed E-state index contributed by atoms with van der Waals surface area (Å²) in [4.78, 5) is 12.0. The minimum atomic E-state index is -0.425. The summed E-state index contributed by atoms with van der Waals surface area (Å²) in [5.41, 5.74) is 2.68. The second-order valence-corrected chi connectivity index (χ2v) is 6.23. The number of hydrazone groups is 1. The molecule has 1 fully saturated rings. The Labute approximate surface area is 138 Å². The topological polar surface area (TPSA) is 54.6 Å². The van der Waals surface area contributed by atoms with Crippen molar-refractivity contribution in [1.82, 2.24) is 5.43 Å². The van der Waals surface area contributed by atoms with Crippen molar-refractivity contribution in [2.75, 3.05) is 0 Å². The number of rotatable bonds is 4. The molecule has 2 atom stereocenters. The van der Waals surface area contributed by atoms with Crippen molar-refractivity contribution in [2.24, 2.45) is 11.0 Å². The predicted molar refractivity (Wildman–Crippen MR) is 86.8 cm³/mol. The lowest BCUT2D eigenvalue weighted by molar-refractivity contribution is 0.0955. The highest BCUT2D eigenvalue weighted by molar-refractivity contribution is 6.35. The van der Waals surface area contributed by atoms with Crippen molar-refractivity contribution >= 4 is 35.3 Å². The molecule has 1 aliphatic rings. The summed E-state index contributed by atoms with van der Waals surface area (Å²) in [6.45, 7) is 2.19. The minimum Gasteiger partial charge on any atom is -0.460 e. The first-order valence-electron chi connectivity index (χ1n) is 6.93. The van der Waals surface area contributed by atoms with E-state index in [0.717, 1.165) is 12.2 Å². The van der Waals surface area contributed by atoms with Crippen molar-refractivity contribution in [2.45, 2.75) is 19.3 Å². The molecular formula is C16H14Cl2N2O2. The van der Waals surface area contributed by atoms with E-state index in [-0.39, 0.29) is 5.56 Å². The molecule has 0 unspecified atom stereocenters.